The van der Waals surface area contributed by atoms with Crippen molar-refractivity contribution in [1.82, 2.24) is 0 Å². The Kier molecular flexibility index (Phi) is 8.67. The summed E-state index contributed by atoms with van der Waals surface area (Å²) in [6.45, 7) is 15.8. The number of benzene rings is 2. The monoisotopic (exact) mass is 465 g/mol. The molecule has 2 N–H and O–H groups in total. The van der Waals surface area contributed by atoms with Gasteiger partial charge in [-0.2, -0.15) is 0 Å². The van der Waals surface area contributed by atoms with Crippen molar-refractivity contribution in [2.45, 2.75) is 78.7 Å². The number of aryl methyl sites for hydroxylation is 1. The summed E-state index contributed by atoms with van der Waals surface area (Å²) in [4.78, 5) is 0. The minimum atomic E-state index is -0.0384. The van der Waals surface area contributed by atoms with E-state index in [9.17, 15) is 5.11 Å². The number of halogens is 1. The molecular formula is C25H37ClNO3P. The third-order valence-corrected chi connectivity index (χ3v) is 6.22. The average Bonchev–Trinajstić information content (AvgIpc) is 2.67. The standard InChI is InChI=1S/C25H37ClNO3P/c1-9-10-16-11-18(14-21(26)23(16)28)27-31-30-15-19-20(25(5,6)7)12-17(24(2,3)4)13-22(19)29-8/h11-14,27-28,31H,9-10,15H2,1-8H3. The topological polar surface area (TPSA) is 50.7 Å². The minimum Gasteiger partial charge on any atom is -0.506 e. The molecule has 172 valence electrons. The van der Waals surface area contributed by atoms with Gasteiger partial charge in [-0.1, -0.05) is 72.6 Å². The zero-order valence-corrected chi connectivity index (χ0v) is 21.8. The molecule has 0 aliphatic rings. The van der Waals surface area contributed by atoms with Gasteiger partial charge in [0, 0.05) is 11.3 Å². The average molecular weight is 466 g/mol. The number of methoxy groups -OCH3 is 1. The lowest BCUT2D eigenvalue weighted by Gasteiger charge is -2.29. The first-order valence-corrected chi connectivity index (χ1v) is 12.0. The van der Waals surface area contributed by atoms with Crippen molar-refractivity contribution in [1.29, 1.82) is 0 Å². The van der Waals surface area contributed by atoms with Crippen molar-refractivity contribution in [3.8, 4) is 11.5 Å². The van der Waals surface area contributed by atoms with Crippen LogP contribution >= 0.6 is 20.6 Å². The molecule has 0 amide bonds. The molecular weight excluding hydrogens is 429 g/mol. The number of rotatable bonds is 8. The molecule has 0 radical (unpaired) electrons. The Bertz CT molecular complexity index is 901. The molecule has 4 nitrogen and oxygen atoms in total. The van der Waals surface area contributed by atoms with Gasteiger partial charge in [0.25, 0.3) is 0 Å². The molecule has 0 aliphatic heterocycles. The Morgan fingerprint density at radius 1 is 1.03 bits per heavy atom. The van der Waals surface area contributed by atoms with Gasteiger partial charge in [-0.25, -0.2) is 0 Å². The zero-order chi connectivity index (χ0) is 23.4. The fourth-order valence-corrected chi connectivity index (χ4v) is 4.26. The fraction of sp³-hybridized carbons (Fsp3) is 0.520. The Morgan fingerprint density at radius 2 is 1.71 bits per heavy atom. The zero-order valence-electron chi connectivity index (χ0n) is 20.1. The molecule has 31 heavy (non-hydrogen) atoms. The molecule has 2 aromatic carbocycles. The van der Waals surface area contributed by atoms with Crippen LogP contribution in [0.1, 0.15) is 77.1 Å². The van der Waals surface area contributed by atoms with Gasteiger partial charge in [0.15, 0.2) is 0 Å². The largest absolute Gasteiger partial charge is 0.506 e. The van der Waals surface area contributed by atoms with E-state index >= 15 is 0 Å². The number of hydrogen-bond acceptors (Lipinski definition) is 4. The maximum atomic E-state index is 10.1. The van der Waals surface area contributed by atoms with Gasteiger partial charge in [-0.3, -0.25) is 0 Å². The van der Waals surface area contributed by atoms with Gasteiger partial charge in [0.05, 0.1) is 18.7 Å². The Hall–Kier alpha value is -1.48. The molecule has 0 saturated carbocycles. The number of phenols is 1. The predicted molar refractivity (Wildman–Crippen MR) is 134 cm³/mol. The molecule has 1 atom stereocenters. The highest BCUT2D eigenvalue weighted by atomic mass is 35.5. The minimum absolute atomic E-state index is 0.0320. The van der Waals surface area contributed by atoms with Crippen LogP contribution in [-0.4, -0.2) is 12.2 Å². The second-order valence-electron chi connectivity index (χ2n) is 9.94. The lowest BCUT2D eigenvalue weighted by Crippen LogP contribution is -2.19. The van der Waals surface area contributed by atoms with E-state index in [0.29, 0.717) is 11.6 Å². The van der Waals surface area contributed by atoms with Crippen molar-refractivity contribution in [2.75, 3.05) is 12.2 Å². The Balaban J connectivity index is 2.20. The van der Waals surface area contributed by atoms with Crippen LogP contribution in [0.4, 0.5) is 5.69 Å². The van der Waals surface area contributed by atoms with Crippen molar-refractivity contribution < 1.29 is 14.4 Å². The van der Waals surface area contributed by atoms with Gasteiger partial charge in [-0.15, -0.1) is 0 Å². The third-order valence-electron chi connectivity index (χ3n) is 5.25. The SMILES string of the molecule is CCCc1cc(NPOCc2c(OC)cc(C(C)(C)C)cc2C(C)(C)C)cc(Cl)c1O. The van der Waals surface area contributed by atoms with Crippen LogP contribution in [0, 0.1) is 0 Å². The van der Waals surface area contributed by atoms with Gasteiger partial charge >= 0.3 is 0 Å². The molecule has 0 spiro atoms. The number of phenolic OH excluding ortho intramolecular Hbond substituents is 1. The smallest absolute Gasteiger partial charge is 0.137 e. The molecule has 1 unspecified atom stereocenters. The molecule has 2 aromatic rings. The summed E-state index contributed by atoms with van der Waals surface area (Å²) in [5, 5.41) is 13.8. The van der Waals surface area contributed by atoms with Gasteiger partial charge in [0.1, 0.15) is 20.5 Å². The highest BCUT2D eigenvalue weighted by Crippen LogP contribution is 2.39. The van der Waals surface area contributed by atoms with Crippen LogP contribution in [0.25, 0.3) is 0 Å². The first-order valence-electron chi connectivity index (χ1n) is 10.7. The molecule has 6 heteroatoms. The summed E-state index contributed by atoms with van der Waals surface area (Å²) in [7, 11) is 1.76. The molecule has 0 fully saturated rings. The van der Waals surface area contributed by atoms with E-state index in [1.807, 2.05) is 6.07 Å². The maximum Gasteiger partial charge on any atom is 0.137 e. The number of anilines is 1. The number of ether oxygens (including phenoxy) is 1. The Morgan fingerprint density at radius 3 is 2.26 bits per heavy atom. The van der Waals surface area contributed by atoms with E-state index in [-0.39, 0.29) is 25.5 Å². The van der Waals surface area contributed by atoms with Crippen molar-refractivity contribution in [2.24, 2.45) is 0 Å². The molecule has 2 rings (SSSR count). The van der Waals surface area contributed by atoms with Crippen LogP contribution in [0.5, 0.6) is 11.5 Å². The van der Waals surface area contributed by atoms with E-state index in [1.54, 1.807) is 13.2 Å². The van der Waals surface area contributed by atoms with Crippen molar-refractivity contribution in [3.63, 3.8) is 0 Å². The summed E-state index contributed by atoms with van der Waals surface area (Å²) < 4.78 is 11.8. The third kappa shape index (κ3) is 6.75. The molecule has 0 aliphatic carbocycles. The number of nitrogens with one attached hydrogen (secondary N) is 1. The summed E-state index contributed by atoms with van der Waals surface area (Å²) in [6.07, 6.45) is 1.71. The molecule has 0 heterocycles. The molecule has 0 bridgehead atoms. The number of hydrogen-bond donors (Lipinski definition) is 2. The van der Waals surface area contributed by atoms with E-state index in [1.165, 1.54) is 11.1 Å². The van der Waals surface area contributed by atoms with E-state index in [4.69, 9.17) is 20.9 Å². The quantitative estimate of drug-likeness (QED) is 0.238. The maximum absolute atomic E-state index is 10.1. The van der Waals surface area contributed by atoms with Crippen LogP contribution in [0.2, 0.25) is 5.02 Å². The van der Waals surface area contributed by atoms with Crippen LogP contribution in [0.15, 0.2) is 24.3 Å². The summed E-state index contributed by atoms with van der Waals surface area (Å²) in [5.74, 6) is 1.02. The lowest BCUT2D eigenvalue weighted by molar-refractivity contribution is 0.330. The van der Waals surface area contributed by atoms with E-state index in [0.717, 1.165) is 35.4 Å². The van der Waals surface area contributed by atoms with Crippen LogP contribution in [-0.2, 0) is 28.4 Å². The fourth-order valence-electron chi connectivity index (χ4n) is 3.47. The summed E-state index contributed by atoms with van der Waals surface area (Å²) in [6, 6.07) is 8.07. The second-order valence-corrected chi connectivity index (χ2v) is 11.1. The Labute approximate surface area is 194 Å². The molecule has 0 saturated heterocycles. The predicted octanol–water partition coefficient (Wildman–Crippen LogP) is 7.74. The van der Waals surface area contributed by atoms with Gasteiger partial charge in [-0.05, 0) is 52.1 Å². The lowest BCUT2D eigenvalue weighted by atomic mass is 9.78. The first kappa shape index (κ1) is 25.8. The number of aromatic hydroxyl groups is 1. The van der Waals surface area contributed by atoms with Gasteiger partial charge in [0.2, 0.25) is 0 Å². The van der Waals surface area contributed by atoms with E-state index in [2.05, 4.69) is 65.7 Å². The van der Waals surface area contributed by atoms with Crippen molar-refractivity contribution >= 4 is 26.2 Å². The highest BCUT2D eigenvalue weighted by molar-refractivity contribution is 7.34. The van der Waals surface area contributed by atoms with E-state index < -0.39 is 0 Å². The van der Waals surface area contributed by atoms with Crippen LogP contribution in [0.3, 0.4) is 0 Å². The van der Waals surface area contributed by atoms with Crippen LogP contribution < -0.4 is 9.82 Å². The summed E-state index contributed by atoms with van der Waals surface area (Å²) in [5.41, 5.74) is 5.24. The highest BCUT2D eigenvalue weighted by Gasteiger charge is 2.25. The normalized spacial score (nSPS) is 12.5. The second kappa shape index (κ2) is 10.4. The van der Waals surface area contributed by atoms with Gasteiger partial charge < -0.3 is 19.5 Å². The van der Waals surface area contributed by atoms with Crippen molar-refractivity contribution in [3.05, 3.63) is 51.5 Å². The first-order chi connectivity index (χ1) is 14.4. The molecule has 0 aromatic heterocycles. The summed E-state index contributed by atoms with van der Waals surface area (Å²) >= 11 is 6.18.